The monoisotopic (exact) mass is 299 g/mol. The first-order valence-corrected chi connectivity index (χ1v) is 6.76. The summed E-state index contributed by atoms with van der Waals surface area (Å²) >= 11 is 3.27. The second-order valence-corrected chi connectivity index (χ2v) is 4.67. The van der Waals surface area contributed by atoms with E-state index in [0.717, 1.165) is 16.5 Å². The summed E-state index contributed by atoms with van der Waals surface area (Å²) in [5, 5.41) is 3.66. The van der Waals surface area contributed by atoms with Gasteiger partial charge in [-0.25, -0.2) is 0 Å². The van der Waals surface area contributed by atoms with Crippen molar-refractivity contribution in [1.29, 1.82) is 0 Å². The Kier molecular flexibility index (Phi) is 6.22. The number of halogens is 1. The topological polar surface area (TPSA) is 38.3 Å². The highest BCUT2D eigenvalue weighted by atomic mass is 79.9. The predicted octanol–water partition coefficient (Wildman–Crippen LogP) is 2.44. The average Bonchev–Trinajstić information content (AvgIpc) is 2.28. The molecule has 1 rings (SSSR count). The van der Waals surface area contributed by atoms with Crippen molar-refractivity contribution in [1.82, 2.24) is 5.32 Å². The number of rotatable bonds is 6. The SMILES string of the molecule is Cc1ccc(C(=O)NCCOCCBr)c(C)c1. The Labute approximate surface area is 111 Å². The molecule has 0 aromatic heterocycles. The summed E-state index contributed by atoms with van der Waals surface area (Å²) in [6.45, 7) is 5.72. The van der Waals surface area contributed by atoms with E-state index in [-0.39, 0.29) is 5.91 Å². The largest absolute Gasteiger partial charge is 0.379 e. The van der Waals surface area contributed by atoms with Crippen LogP contribution < -0.4 is 5.32 Å². The number of ether oxygens (including phenoxy) is 1. The number of benzene rings is 1. The number of nitrogens with one attached hydrogen (secondary N) is 1. The lowest BCUT2D eigenvalue weighted by molar-refractivity contribution is 0.0923. The van der Waals surface area contributed by atoms with Crippen molar-refractivity contribution in [2.45, 2.75) is 13.8 Å². The van der Waals surface area contributed by atoms with E-state index >= 15 is 0 Å². The van der Waals surface area contributed by atoms with Gasteiger partial charge in [-0.15, -0.1) is 0 Å². The number of hydrogen-bond donors (Lipinski definition) is 1. The zero-order valence-electron chi connectivity index (χ0n) is 10.3. The van der Waals surface area contributed by atoms with Crippen molar-refractivity contribution in [2.24, 2.45) is 0 Å². The number of aryl methyl sites for hydroxylation is 2. The molecule has 0 unspecified atom stereocenters. The number of alkyl halides is 1. The summed E-state index contributed by atoms with van der Waals surface area (Å²) in [5.74, 6) is -0.0371. The third-order valence-electron chi connectivity index (χ3n) is 2.38. The molecule has 0 fully saturated rings. The van der Waals surface area contributed by atoms with E-state index in [2.05, 4.69) is 21.2 Å². The highest BCUT2D eigenvalue weighted by molar-refractivity contribution is 9.09. The molecule has 1 N–H and O–H groups in total. The van der Waals surface area contributed by atoms with Gasteiger partial charge in [0.05, 0.1) is 13.2 Å². The molecule has 0 radical (unpaired) electrons. The summed E-state index contributed by atoms with van der Waals surface area (Å²) in [6.07, 6.45) is 0. The zero-order chi connectivity index (χ0) is 12.7. The minimum Gasteiger partial charge on any atom is -0.379 e. The van der Waals surface area contributed by atoms with Crippen molar-refractivity contribution < 1.29 is 9.53 Å². The zero-order valence-corrected chi connectivity index (χ0v) is 11.8. The summed E-state index contributed by atoms with van der Waals surface area (Å²) in [6, 6.07) is 5.82. The Morgan fingerprint density at radius 3 is 2.76 bits per heavy atom. The molecular weight excluding hydrogens is 282 g/mol. The van der Waals surface area contributed by atoms with Gasteiger partial charge < -0.3 is 10.1 Å². The van der Waals surface area contributed by atoms with Gasteiger partial charge in [0.15, 0.2) is 0 Å². The van der Waals surface area contributed by atoms with E-state index in [1.165, 1.54) is 5.56 Å². The smallest absolute Gasteiger partial charge is 0.251 e. The van der Waals surface area contributed by atoms with Gasteiger partial charge in [-0.05, 0) is 25.5 Å². The molecule has 0 aliphatic heterocycles. The van der Waals surface area contributed by atoms with Crippen LogP contribution >= 0.6 is 15.9 Å². The van der Waals surface area contributed by atoms with E-state index < -0.39 is 0 Å². The fourth-order valence-corrected chi connectivity index (χ4v) is 1.79. The molecule has 17 heavy (non-hydrogen) atoms. The molecule has 1 amide bonds. The molecule has 0 heterocycles. The summed E-state index contributed by atoms with van der Waals surface area (Å²) in [4.78, 5) is 11.8. The van der Waals surface area contributed by atoms with Crippen molar-refractivity contribution in [2.75, 3.05) is 25.1 Å². The van der Waals surface area contributed by atoms with Crippen LogP contribution in [0.25, 0.3) is 0 Å². The lowest BCUT2D eigenvalue weighted by Crippen LogP contribution is -2.28. The van der Waals surface area contributed by atoms with E-state index in [1.807, 2.05) is 32.0 Å². The third-order valence-corrected chi connectivity index (χ3v) is 2.70. The number of amides is 1. The molecule has 94 valence electrons. The lowest BCUT2D eigenvalue weighted by Gasteiger charge is -2.08. The fraction of sp³-hybridized carbons (Fsp3) is 0.462. The maximum absolute atomic E-state index is 11.8. The maximum Gasteiger partial charge on any atom is 0.251 e. The predicted molar refractivity (Wildman–Crippen MR) is 72.9 cm³/mol. The highest BCUT2D eigenvalue weighted by Gasteiger charge is 2.07. The van der Waals surface area contributed by atoms with Crippen molar-refractivity contribution >= 4 is 21.8 Å². The first-order valence-electron chi connectivity index (χ1n) is 5.64. The van der Waals surface area contributed by atoms with Gasteiger partial charge in [0.1, 0.15) is 0 Å². The van der Waals surface area contributed by atoms with Gasteiger partial charge in [-0.2, -0.15) is 0 Å². The van der Waals surface area contributed by atoms with Crippen molar-refractivity contribution in [3.05, 3.63) is 34.9 Å². The molecule has 0 saturated carbocycles. The van der Waals surface area contributed by atoms with Crippen LogP contribution in [-0.4, -0.2) is 31.0 Å². The Morgan fingerprint density at radius 2 is 2.12 bits per heavy atom. The summed E-state index contributed by atoms with van der Waals surface area (Å²) < 4.78 is 5.26. The van der Waals surface area contributed by atoms with Gasteiger partial charge in [0.25, 0.3) is 5.91 Å². The quantitative estimate of drug-likeness (QED) is 0.647. The number of carbonyl (C=O) groups excluding carboxylic acids is 1. The van der Waals surface area contributed by atoms with Gasteiger partial charge in [0, 0.05) is 17.4 Å². The van der Waals surface area contributed by atoms with Gasteiger partial charge in [-0.3, -0.25) is 4.79 Å². The maximum atomic E-state index is 11.8. The van der Waals surface area contributed by atoms with Crippen LogP contribution in [0.3, 0.4) is 0 Å². The van der Waals surface area contributed by atoms with Crippen LogP contribution in [0.5, 0.6) is 0 Å². The van der Waals surface area contributed by atoms with E-state index in [1.54, 1.807) is 0 Å². The summed E-state index contributed by atoms with van der Waals surface area (Å²) in [7, 11) is 0. The number of hydrogen-bond acceptors (Lipinski definition) is 2. The molecule has 0 aliphatic carbocycles. The highest BCUT2D eigenvalue weighted by Crippen LogP contribution is 2.09. The van der Waals surface area contributed by atoms with Crippen LogP contribution in [0.4, 0.5) is 0 Å². The Balaban J connectivity index is 2.42. The van der Waals surface area contributed by atoms with Gasteiger partial charge in [-0.1, -0.05) is 33.6 Å². The Bertz CT molecular complexity index is 380. The molecular formula is C13H18BrNO2. The second-order valence-electron chi connectivity index (χ2n) is 3.88. The Hall–Kier alpha value is -0.870. The summed E-state index contributed by atoms with van der Waals surface area (Å²) in [5.41, 5.74) is 2.90. The van der Waals surface area contributed by atoms with E-state index in [0.29, 0.717) is 19.8 Å². The van der Waals surface area contributed by atoms with Crippen LogP contribution in [0.2, 0.25) is 0 Å². The molecule has 3 nitrogen and oxygen atoms in total. The fourth-order valence-electron chi connectivity index (χ4n) is 1.56. The van der Waals surface area contributed by atoms with Crippen LogP contribution in [0.1, 0.15) is 21.5 Å². The average molecular weight is 300 g/mol. The minimum atomic E-state index is -0.0371. The number of carbonyl (C=O) groups is 1. The molecule has 0 bridgehead atoms. The van der Waals surface area contributed by atoms with Crippen LogP contribution in [-0.2, 0) is 4.74 Å². The van der Waals surface area contributed by atoms with Crippen molar-refractivity contribution in [3.63, 3.8) is 0 Å². The van der Waals surface area contributed by atoms with Crippen LogP contribution in [0.15, 0.2) is 18.2 Å². The Morgan fingerprint density at radius 1 is 1.35 bits per heavy atom. The first-order chi connectivity index (χ1) is 8.15. The molecule has 1 aromatic rings. The lowest BCUT2D eigenvalue weighted by atomic mass is 10.1. The van der Waals surface area contributed by atoms with E-state index in [9.17, 15) is 4.79 Å². The van der Waals surface area contributed by atoms with Crippen LogP contribution in [0, 0.1) is 13.8 Å². The molecule has 0 saturated heterocycles. The van der Waals surface area contributed by atoms with Gasteiger partial charge in [0.2, 0.25) is 0 Å². The molecule has 0 spiro atoms. The molecule has 1 aromatic carbocycles. The van der Waals surface area contributed by atoms with Gasteiger partial charge >= 0.3 is 0 Å². The second kappa shape index (κ2) is 7.45. The first kappa shape index (κ1) is 14.2. The van der Waals surface area contributed by atoms with E-state index in [4.69, 9.17) is 4.74 Å². The minimum absolute atomic E-state index is 0.0371. The normalized spacial score (nSPS) is 10.3. The molecule has 0 atom stereocenters. The molecule has 0 aliphatic rings. The van der Waals surface area contributed by atoms with Crippen molar-refractivity contribution in [3.8, 4) is 0 Å². The third kappa shape index (κ3) is 4.88. The standard InChI is InChI=1S/C13H18BrNO2/c1-10-3-4-12(11(2)9-10)13(16)15-6-8-17-7-5-14/h3-4,9H,5-8H2,1-2H3,(H,15,16). The molecule has 4 heteroatoms.